The molecule has 0 aliphatic carbocycles. The van der Waals surface area contributed by atoms with Crippen LogP contribution in [0, 0.1) is 0 Å². The molecule has 3 rings (SSSR count). The van der Waals surface area contributed by atoms with Gasteiger partial charge in [-0.25, -0.2) is 15.0 Å². The number of hydrogen-bond donors (Lipinski definition) is 0. The van der Waals surface area contributed by atoms with Crippen LogP contribution in [0.1, 0.15) is 0 Å². The fourth-order valence-corrected chi connectivity index (χ4v) is 1.49. The van der Waals surface area contributed by atoms with Gasteiger partial charge < -0.3 is 0 Å². The first kappa shape index (κ1) is 8.05. The van der Waals surface area contributed by atoms with Crippen molar-refractivity contribution in [2.45, 2.75) is 0 Å². The second-order valence-corrected chi connectivity index (χ2v) is 3.08. The molecule has 0 aliphatic heterocycles. The Morgan fingerprint density at radius 1 is 0.933 bits per heavy atom. The summed E-state index contributed by atoms with van der Waals surface area (Å²) in [7, 11) is 0. The number of nitrogens with zero attached hydrogens (tertiary/aromatic N) is 5. The van der Waals surface area contributed by atoms with Gasteiger partial charge in [-0.1, -0.05) is 0 Å². The average molecular weight is 197 g/mol. The van der Waals surface area contributed by atoms with Gasteiger partial charge in [0.25, 0.3) is 0 Å². The van der Waals surface area contributed by atoms with Crippen molar-refractivity contribution in [3.05, 3.63) is 43.5 Å². The van der Waals surface area contributed by atoms with E-state index in [0.717, 1.165) is 16.9 Å². The Morgan fingerprint density at radius 2 is 1.80 bits per heavy atom. The van der Waals surface area contributed by atoms with Gasteiger partial charge in [-0.3, -0.25) is 9.38 Å². The molecule has 0 unspecified atom stereocenters. The van der Waals surface area contributed by atoms with Gasteiger partial charge in [-0.05, 0) is 0 Å². The maximum Gasteiger partial charge on any atom is 0.155 e. The second kappa shape index (κ2) is 3.13. The van der Waals surface area contributed by atoms with E-state index < -0.39 is 0 Å². The van der Waals surface area contributed by atoms with Crippen LogP contribution in [0.25, 0.3) is 16.9 Å². The quantitative estimate of drug-likeness (QED) is 0.588. The highest BCUT2D eigenvalue weighted by molar-refractivity contribution is 5.61. The molecule has 5 nitrogen and oxygen atoms in total. The van der Waals surface area contributed by atoms with Gasteiger partial charge in [0.05, 0.1) is 18.1 Å². The third-order valence-electron chi connectivity index (χ3n) is 2.17. The van der Waals surface area contributed by atoms with Crippen LogP contribution in [0.5, 0.6) is 0 Å². The molecule has 72 valence electrons. The first-order chi connectivity index (χ1) is 7.45. The summed E-state index contributed by atoms with van der Waals surface area (Å²) in [5.74, 6) is 0. The molecule has 0 amide bonds. The van der Waals surface area contributed by atoms with E-state index in [1.165, 1.54) is 6.33 Å². The molecular weight excluding hydrogens is 190 g/mol. The molecule has 0 saturated heterocycles. The summed E-state index contributed by atoms with van der Waals surface area (Å²) in [4.78, 5) is 16.2. The van der Waals surface area contributed by atoms with E-state index >= 15 is 0 Å². The largest absolute Gasteiger partial charge is 0.297 e. The lowest BCUT2D eigenvalue weighted by Gasteiger charge is -1.98. The molecule has 0 radical (unpaired) electrons. The van der Waals surface area contributed by atoms with Gasteiger partial charge in [0, 0.05) is 30.4 Å². The minimum absolute atomic E-state index is 0.816. The van der Waals surface area contributed by atoms with Gasteiger partial charge in [-0.15, -0.1) is 0 Å². The van der Waals surface area contributed by atoms with Crippen molar-refractivity contribution in [2.24, 2.45) is 0 Å². The predicted octanol–water partition coefficient (Wildman–Crippen LogP) is 1.19. The van der Waals surface area contributed by atoms with Crippen molar-refractivity contribution in [1.82, 2.24) is 24.3 Å². The molecule has 0 bridgehead atoms. The summed E-state index contributed by atoms with van der Waals surface area (Å²) in [6.07, 6.45) is 12.1. The van der Waals surface area contributed by atoms with Crippen LogP contribution < -0.4 is 0 Å². The van der Waals surface area contributed by atoms with Crippen LogP contribution in [0.3, 0.4) is 0 Å². The summed E-state index contributed by atoms with van der Waals surface area (Å²) >= 11 is 0. The van der Waals surface area contributed by atoms with E-state index in [1.807, 2.05) is 10.6 Å². The minimum atomic E-state index is 0.816. The Labute approximate surface area is 85.5 Å². The molecular formula is C10H7N5. The minimum Gasteiger partial charge on any atom is -0.297 e. The predicted molar refractivity (Wildman–Crippen MR) is 54.0 cm³/mol. The summed E-state index contributed by atoms with van der Waals surface area (Å²) in [5.41, 5.74) is 2.72. The van der Waals surface area contributed by atoms with E-state index in [0.29, 0.717) is 0 Å². The molecule has 15 heavy (non-hydrogen) atoms. The number of fused-ring (bicyclic) bond motifs is 1. The SMILES string of the molecule is c1cn2c(-c3cncnc3)cnc2cn1. The zero-order valence-electron chi connectivity index (χ0n) is 7.78. The standard InChI is InChI=1S/C10H7N5/c1-2-15-9(5-14-10(15)6-11-1)8-3-12-7-13-4-8/h1-7H. The van der Waals surface area contributed by atoms with Gasteiger partial charge in [0.15, 0.2) is 5.65 Å². The lowest BCUT2D eigenvalue weighted by atomic mass is 10.3. The Balaban J connectivity index is 2.28. The Kier molecular flexibility index (Phi) is 1.68. The molecule has 0 N–H and O–H groups in total. The van der Waals surface area contributed by atoms with Crippen LogP contribution >= 0.6 is 0 Å². The zero-order valence-corrected chi connectivity index (χ0v) is 7.78. The van der Waals surface area contributed by atoms with E-state index in [4.69, 9.17) is 0 Å². The molecule has 0 atom stereocenters. The first-order valence-electron chi connectivity index (χ1n) is 4.47. The summed E-state index contributed by atoms with van der Waals surface area (Å²) < 4.78 is 1.95. The lowest BCUT2D eigenvalue weighted by Crippen LogP contribution is -1.89. The molecule has 0 aromatic carbocycles. The van der Waals surface area contributed by atoms with Crippen LogP contribution in [0.2, 0.25) is 0 Å². The summed E-state index contributed by atoms with van der Waals surface area (Å²) in [6, 6.07) is 0. The van der Waals surface area contributed by atoms with E-state index in [-0.39, 0.29) is 0 Å². The number of rotatable bonds is 1. The van der Waals surface area contributed by atoms with Crippen molar-refractivity contribution in [1.29, 1.82) is 0 Å². The number of aromatic nitrogens is 5. The van der Waals surface area contributed by atoms with Crippen molar-refractivity contribution >= 4 is 5.65 Å². The monoisotopic (exact) mass is 197 g/mol. The number of hydrogen-bond acceptors (Lipinski definition) is 4. The third kappa shape index (κ3) is 1.25. The fraction of sp³-hybridized carbons (Fsp3) is 0. The van der Waals surface area contributed by atoms with Gasteiger partial charge >= 0.3 is 0 Å². The maximum absolute atomic E-state index is 4.24. The van der Waals surface area contributed by atoms with E-state index in [2.05, 4.69) is 19.9 Å². The molecule has 3 aromatic rings. The Morgan fingerprint density at radius 3 is 2.67 bits per heavy atom. The van der Waals surface area contributed by atoms with Gasteiger partial charge in [0.1, 0.15) is 6.33 Å². The highest BCUT2D eigenvalue weighted by Crippen LogP contribution is 2.17. The average Bonchev–Trinajstić information content (AvgIpc) is 2.74. The van der Waals surface area contributed by atoms with Crippen LogP contribution in [0.4, 0.5) is 0 Å². The van der Waals surface area contributed by atoms with Crippen molar-refractivity contribution in [3.63, 3.8) is 0 Å². The highest BCUT2D eigenvalue weighted by atomic mass is 15.0. The lowest BCUT2D eigenvalue weighted by molar-refractivity contribution is 1.11. The van der Waals surface area contributed by atoms with Crippen LogP contribution in [-0.4, -0.2) is 24.3 Å². The maximum atomic E-state index is 4.24. The summed E-state index contributed by atoms with van der Waals surface area (Å²) in [6.45, 7) is 0. The van der Waals surface area contributed by atoms with Crippen molar-refractivity contribution in [2.75, 3.05) is 0 Å². The highest BCUT2D eigenvalue weighted by Gasteiger charge is 2.04. The molecule has 0 fully saturated rings. The summed E-state index contributed by atoms with van der Waals surface area (Å²) in [5, 5.41) is 0. The smallest absolute Gasteiger partial charge is 0.155 e. The number of imidazole rings is 1. The van der Waals surface area contributed by atoms with Crippen molar-refractivity contribution < 1.29 is 0 Å². The van der Waals surface area contributed by atoms with Crippen LogP contribution in [-0.2, 0) is 0 Å². The molecule has 0 spiro atoms. The first-order valence-corrected chi connectivity index (χ1v) is 4.47. The third-order valence-corrected chi connectivity index (χ3v) is 2.17. The van der Waals surface area contributed by atoms with Gasteiger partial charge in [-0.2, -0.15) is 0 Å². The second-order valence-electron chi connectivity index (χ2n) is 3.08. The Bertz CT molecular complexity index is 587. The molecule has 0 aliphatic rings. The fourth-order valence-electron chi connectivity index (χ4n) is 1.49. The molecule has 0 saturated carbocycles. The van der Waals surface area contributed by atoms with E-state index in [9.17, 15) is 0 Å². The molecule has 5 heteroatoms. The van der Waals surface area contributed by atoms with E-state index in [1.54, 1.807) is 31.0 Å². The Hall–Kier alpha value is -2.30. The molecule has 3 aromatic heterocycles. The molecule has 3 heterocycles. The zero-order chi connectivity index (χ0) is 10.1. The normalized spacial score (nSPS) is 10.7. The topological polar surface area (TPSA) is 56.0 Å². The van der Waals surface area contributed by atoms with Gasteiger partial charge in [0.2, 0.25) is 0 Å². The van der Waals surface area contributed by atoms with Crippen molar-refractivity contribution in [3.8, 4) is 11.3 Å². The van der Waals surface area contributed by atoms with Crippen LogP contribution in [0.15, 0.2) is 43.5 Å².